The van der Waals surface area contributed by atoms with E-state index in [0.29, 0.717) is 6.42 Å². The van der Waals surface area contributed by atoms with Crippen LogP contribution in [-0.2, 0) is 11.2 Å². The van der Waals surface area contributed by atoms with Gasteiger partial charge in [0.2, 0.25) is 0 Å². The number of rotatable bonds is 4. The molecule has 0 bridgehead atoms. The molecule has 0 spiro atoms. The van der Waals surface area contributed by atoms with Crippen LogP contribution < -0.4 is 5.73 Å². The first-order valence-electron chi connectivity index (χ1n) is 6.82. The van der Waals surface area contributed by atoms with Gasteiger partial charge in [0.15, 0.2) is 0 Å². The van der Waals surface area contributed by atoms with Crippen LogP contribution in [0.4, 0.5) is 4.39 Å². The molecule has 1 aromatic carbocycles. The Labute approximate surface area is 122 Å². The highest BCUT2D eigenvalue weighted by Crippen LogP contribution is 2.35. The fourth-order valence-corrected chi connectivity index (χ4v) is 3.41. The summed E-state index contributed by atoms with van der Waals surface area (Å²) in [6.45, 7) is 0. The van der Waals surface area contributed by atoms with Gasteiger partial charge in [-0.3, -0.25) is 0 Å². The molecule has 106 valence electrons. The lowest BCUT2D eigenvalue weighted by Gasteiger charge is -2.41. The molecule has 4 heteroatoms. The minimum atomic E-state index is -0.246. The van der Waals surface area contributed by atoms with Gasteiger partial charge in [-0.15, -0.1) is 0 Å². The van der Waals surface area contributed by atoms with Crippen LogP contribution in [0.3, 0.4) is 0 Å². The minimum absolute atomic E-state index is 0.101. The van der Waals surface area contributed by atoms with Gasteiger partial charge in [-0.25, -0.2) is 4.39 Å². The van der Waals surface area contributed by atoms with E-state index in [1.54, 1.807) is 19.2 Å². The number of hydrogen-bond acceptors (Lipinski definition) is 2. The lowest BCUT2D eigenvalue weighted by molar-refractivity contribution is -0.0583. The van der Waals surface area contributed by atoms with Crippen LogP contribution >= 0.6 is 15.9 Å². The third-order valence-corrected chi connectivity index (χ3v) is 5.00. The lowest BCUT2D eigenvalue weighted by Crippen LogP contribution is -2.52. The normalized spacial score (nSPS) is 20.2. The number of ether oxygens (including phenoxy) is 1. The highest BCUT2D eigenvalue weighted by atomic mass is 79.9. The number of methoxy groups -OCH3 is 1. The van der Waals surface area contributed by atoms with Gasteiger partial charge in [0.1, 0.15) is 5.82 Å². The van der Waals surface area contributed by atoms with Gasteiger partial charge < -0.3 is 10.5 Å². The van der Waals surface area contributed by atoms with E-state index < -0.39 is 0 Å². The molecule has 2 nitrogen and oxygen atoms in total. The highest BCUT2D eigenvalue weighted by molar-refractivity contribution is 9.10. The number of nitrogens with two attached hydrogens (primary N) is 1. The maximum Gasteiger partial charge on any atom is 0.123 e. The summed E-state index contributed by atoms with van der Waals surface area (Å²) in [5.74, 6) is -0.222. The van der Waals surface area contributed by atoms with Crippen LogP contribution in [0.25, 0.3) is 0 Å². The molecule has 1 aromatic rings. The Morgan fingerprint density at radius 1 is 1.37 bits per heavy atom. The first-order valence-corrected chi connectivity index (χ1v) is 7.61. The van der Waals surface area contributed by atoms with Crippen molar-refractivity contribution < 1.29 is 9.13 Å². The van der Waals surface area contributed by atoms with Gasteiger partial charge in [0.05, 0.1) is 5.60 Å². The molecular weight excluding hydrogens is 309 g/mol. The van der Waals surface area contributed by atoms with Crippen LogP contribution in [0, 0.1) is 5.82 Å². The molecule has 0 aliphatic heterocycles. The predicted octanol–water partition coefficient (Wildman–Crippen LogP) is 3.81. The van der Waals surface area contributed by atoms with E-state index in [2.05, 4.69) is 15.9 Å². The summed E-state index contributed by atoms with van der Waals surface area (Å²) in [5.41, 5.74) is 7.04. The zero-order valence-corrected chi connectivity index (χ0v) is 12.9. The third kappa shape index (κ3) is 3.36. The molecule has 1 aliphatic rings. The molecule has 1 unspecified atom stereocenters. The Balaban J connectivity index is 2.14. The average molecular weight is 330 g/mol. The maximum absolute atomic E-state index is 13.3. The Morgan fingerprint density at radius 3 is 2.68 bits per heavy atom. The van der Waals surface area contributed by atoms with Crippen molar-refractivity contribution in [3.05, 3.63) is 34.1 Å². The molecule has 1 aliphatic carbocycles. The lowest BCUT2D eigenvalue weighted by atomic mass is 9.77. The first-order chi connectivity index (χ1) is 9.07. The Morgan fingerprint density at radius 2 is 2.05 bits per heavy atom. The van der Waals surface area contributed by atoms with Crippen molar-refractivity contribution in [3.8, 4) is 0 Å². The van der Waals surface area contributed by atoms with E-state index in [1.807, 2.05) is 0 Å². The summed E-state index contributed by atoms with van der Waals surface area (Å²) < 4.78 is 20.0. The van der Waals surface area contributed by atoms with Crippen LogP contribution in [0.2, 0.25) is 0 Å². The summed E-state index contributed by atoms with van der Waals surface area (Å²) >= 11 is 3.46. The van der Waals surface area contributed by atoms with E-state index in [1.165, 1.54) is 12.5 Å². The molecule has 2 rings (SSSR count). The summed E-state index contributed by atoms with van der Waals surface area (Å²) in [4.78, 5) is 0. The Kier molecular flexibility index (Phi) is 4.98. The maximum atomic E-state index is 13.3. The second kappa shape index (κ2) is 6.33. The van der Waals surface area contributed by atoms with Gasteiger partial charge in [-0.1, -0.05) is 35.2 Å². The zero-order chi connectivity index (χ0) is 13.9. The van der Waals surface area contributed by atoms with Crippen molar-refractivity contribution in [3.63, 3.8) is 0 Å². The Hall–Kier alpha value is -0.450. The van der Waals surface area contributed by atoms with E-state index in [-0.39, 0.29) is 17.5 Å². The molecule has 1 saturated carbocycles. The number of hydrogen-bond donors (Lipinski definition) is 1. The molecule has 1 fully saturated rings. The van der Waals surface area contributed by atoms with Crippen molar-refractivity contribution in [2.75, 3.05) is 7.11 Å². The standard InChI is InChI=1S/C15H21BrFNO/c1-19-15(7-3-2-4-8-15)14(18)10-11-9-12(17)5-6-13(11)16/h5-6,9,14H,2-4,7-8,10,18H2,1H3. The molecule has 0 heterocycles. The summed E-state index contributed by atoms with van der Waals surface area (Å²) in [6, 6.07) is 4.63. The number of halogens is 2. The average Bonchev–Trinajstić information content (AvgIpc) is 2.43. The molecule has 0 amide bonds. The molecule has 1 atom stereocenters. The van der Waals surface area contributed by atoms with Crippen molar-refractivity contribution in [1.29, 1.82) is 0 Å². The molecular formula is C15H21BrFNO. The van der Waals surface area contributed by atoms with Crippen molar-refractivity contribution >= 4 is 15.9 Å². The van der Waals surface area contributed by atoms with Crippen LogP contribution in [0.15, 0.2) is 22.7 Å². The van der Waals surface area contributed by atoms with Crippen LogP contribution in [-0.4, -0.2) is 18.8 Å². The largest absolute Gasteiger partial charge is 0.377 e. The van der Waals surface area contributed by atoms with E-state index >= 15 is 0 Å². The highest BCUT2D eigenvalue weighted by Gasteiger charge is 2.38. The fraction of sp³-hybridized carbons (Fsp3) is 0.600. The van der Waals surface area contributed by atoms with Crippen LogP contribution in [0.1, 0.15) is 37.7 Å². The van der Waals surface area contributed by atoms with Gasteiger partial charge in [0, 0.05) is 17.6 Å². The van der Waals surface area contributed by atoms with Crippen molar-refractivity contribution in [2.24, 2.45) is 5.73 Å². The molecule has 0 aromatic heterocycles. The molecule has 0 saturated heterocycles. The monoisotopic (exact) mass is 329 g/mol. The van der Waals surface area contributed by atoms with Crippen molar-refractivity contribution in [1.82, 2.24) is 0 Å². The fourth-order valence-electron chi connectivity index (χ4n) is 3.00. The molecule has 2 N–H and O–H groups in total. The topological polar surface area (TPSA) is 35.2 Å². The molecule has 19 heavy (non-hydrogen) atoms. The third-order valence-electron chi connectivity index (χ3n) is 4.23. The van der Waals surface area contributed by atoms with Crippen molar-refractivity contribution in [2.45, 2.75) is 50.2 Å². The van der Waals surface area contributed by atoms with E-state index in [4.69, 9.17) is 10.5 Å². The smallest absolute Gasteiger partial charge is 0.123 e. The summed E-state index contributed by atoms with van der Waals surface area (Å²) in [7, 11) is 1.74. The predicted molar refractivity (Wildman–Crippen MR) is 78.6 cm³/mol. The minimum Gasteiger partial charge on any atom is -0.377 e. The SMILES string of the molecule is COC1(C(N)Cc2cc(F)ccc2Br)CCCCC1. The van der Waals surface area contributed by atoms with E-state index in [9.17, 15) is 4.39 Å². The summed E-state index contributed by atoms with van der Waals surface area (Å²) in [5, 5.41) is 0. The van der Waals surface area contributed by atoms with Gasteiger partial charge in [0.25, 0.3) is 0 Å². The van der Waals surface area contributed by atoms with Gasteiger partial charge in [-0.05, 0) is 43.0 Å². The second-order valence-electron chi connectivity index (χ2n) is 5.38. The Bertz CT molecular complexity index is 432. The van der Waals surface area contributed by atoms with E-state index in [0.717, 1.165) is 35.7 Å². The first kappa shape index (κ1) is 14.9. The molecule has 0 radical (unpaired) electrons. The quantitative estimate of drug-likeness (QED) is 0.911. The van der Waals surface area contributed by atoms with Gasteiger partial charge >= 0.3 is 0 Å². The zero-order valence-electron chi connectivity index (χ0n) is 11.3. The van der Waals surface area contributed by atoms with Gasteiger partial charge in [-0.2, -0.15) is 0 Å². The number of benzene rings is 1. The summed E-state index contributed by atoms with van der Waals surface area (Å²) in [6.07, 6.45) is 6.20. The second-order valence-corrected chi connectivity index (χ2v) is 6.23. The van der Waals surface area contributed by atoms with Crippen LogP contribution in [0.5, 0.6) is 0 Å².